The van der Waals surface area contributed by atoms with Crippen LogP contribution in [-0.2, 0) is 25.7 Å². The molecule has 0 spiro atoms. The molecule has 1 aliphatic carbocycles. The fourth-order valence-corrected chi connectivity index (χ4v) is 4.25. The van der Waals surface area contributed by atoms with Crippen molar-refractivity contribution in [3.8, 4) is 0 Å². The normalized spacial score (nSPS) is 20.0. The zero-order chi connectivity index (χ0) is 22.5. The molecule has 1 saturated heterocycles. The van der Waals surface area contributed by atoms with Crippen molar-refractivity contribution in [2.75, 3.05) is 26.8 Å². The van der Waals surface area contributed by atoms with Gasteiger partial charge in [-0.05, 0) is 50.1 Å². The van der Waals surface area contributed by atoms with Crippen LogP contribution in [0.3, 0.4) is 0 Å². The number of rotatable bonds is 8. The molecule has 7 heteroatoms. The lowest BCUT2D eigenvalue weighted by Crippen LogP contribution is -2.51. The van der Waals surface area contributed by atoms with E-state index in [9.17, 15) is 9.59 Å². The van der Waals surface area contributed by atoms with Gasteiger partial charge in [-0.3, -0.25) is 4.79 Å². The number of carbonyl (C=O) groups excluding carboxylic acids is 2. The third kappa shape index (κ3) is 8.24. The summed E-state index contributed by atoms with van der Waals surface area (Å²) in [7, 11) is 1.37. The van der Waals surface area contributed by atoms with Crippen LogP contribution in [0.15, 0.2) is 30.3 Å². The van der Waals surface area contributed by atoms with Crippen molar-refractivity contribution in [3.05, 3.63) is 35.9 Å². The van der Waals surface area contributed by atoms with Crippen LogP contribution in [0.5, 0.6) is 0 Å². The van der Waals surface area contributed by atoms with Gasteiger partial charge in [0.1, 0.15) is 6.04 Å². The molecule has 31 heavy (non-hydrogen) atoms. The number of hydrogen-bond acceptors (Lipinski definition) is 6. The number of esters is 1. The Morgan fingerprint density at radius 3 is 2.45 bits per heavy atom. The van der Waals surface area contributed by atoms with Gasteiger partial charge in [0, 0.05) is 13.2 Å². The smallest absolute Gasteiger partial charge is 0.328 e. The topological polar surface area (TPSA) is 108 Å². The molecule has 1 heterocycles. The maximum atomic E-state index is 12.5. The highest BCUT2D eigenvalue weighted by Gasteiger charge is 2.38. The summed E-state index contributed by atoms with van der Waals surface area (Å²) in [6.45, 7) is 2.78. The first kappa shape index (κ1) is 25.3. The first-order valence-corrected chi connectivity index (χ1v) is 11.5. The molecule has 0 bridgehead atoms. The van der Waals surface area contributed by atoms with Gasteiger partial charge in [0.05, 0.1) is 19.8 Å². The number of likely N-dealkylation sites (tertiary alicyclic amines) is 1. The van der Waals surface area contributed by atoms with Gasteiger partial charge < -0.3 is 25.8 Å². The standard InChI is InChI=1S/C14H24N2O3.C10H15NO/c1-19-14(18)11-8-5-9-16(11)13(17)12(15)10-6-3-2-4-7-10;11-7-4-8-12-9-10-5-2-1-3-6-10/h10-12H,2-9,15H2,1H3;1-3,5-6H,4,7-9,11H2. The minimum atomic E-state index is -0.453. The summed E-state index contributed by atoms with van der Waals surface area (Å²) in [5, 5.41) is 0. The molecule has 2 aliphatic rings. The molecule has 0 radical (unpaired) electrons. The van der Waals surface area contributed by atoms with Crippen molar-refractivity contribution in [1.82, 2.24) is 4.90 Å². The lowest BCUT2D eigenvalue weighted by Gasteiger charge is -2.31. The summed E-state index contributed by atoms with van der Waals surface area (Å²) >= 11 is 0. The largest absolute Gasteiger partial charge is 0.467 e. The Bertz CT molecular complexity index is 649. The summed E-state index contributed by atoms with van der Waals surface area (Å²) in [6, 6.07) is 9.27. The van der Waals surface area contributed by atoms with E-state index in [0.717, 1.165) is 45.1 Å². The fraction of sp³-hybridized carbons (Fsp3) is 0.667. The highest BCUT2D eigenvalue weighted by Crippen LogP contribution is 2.28. The molecule has 1 aliphatic heterocycles. The Morgan fingerprint density at radius 1 is 1.10 bits per heavy atom. The number of benzene rings is 1. The molecular formula is C24H39N3O4. The molecule has 1 amide bonds. The predicted molar refractivity (Wildman–Crippen MR) is 121 cm³/mol. The minimum Gasteiger partial charge on any atom is -0.467 e. The van der Waals surface area contributed by atoms with Gasteiger partial charge >= 0.3 is 5.97 Å². The van der Waals surface area contributed by atoms with Crippen LogP contribution in [0.1, 0.15) is 56.9 Å². The molecule has 1 aromatic rings. The average molecular weight is 434 g/mol. The Kier molecular flexibility index (Phi) is 11.6. The minimum absolute atomic E-state index is 0.0696. The third-order valence-corrected chi connectivity index (χ3v) is 6.06. The Balaban J connectivity index is 0.000000245. The second-order valence-corrected chi connectivity index (χ2v) is 8.32. The zero-order valence-corrected chi connectivity index (χ0v) is 18.8. The number of methoxy groups -OCH3 is 1. The Morgan fingerprint density at radius 2 is 1.81 bits per heavy atom. The number of amides is 1. The number of ether oxygens (including phenoxy) is 2. The summed E-state index contributed by atoms with van der Waals surface area (Å²) in [5.74, 6) is -0.110. The SMILES string of the molecule is COC(=O)C1CCCN1C(=O)C(N)C1CCCCC1.NCCCOCc1ccccc1. The van der Waals surface area contributed by atoms with Gasteiger partial charge in [0.15, 0.2) is 0 Å². The predicted octanol–water partition coefficient (Wildman–Crippen LogP) is 2.61. The van der Waals surface area contributed by atoms with Crippen molar-refractivity contribution in [2.24, 2.45) is 17.4 Å². The van der Waals surface area contributed by atoms with Crippen LogP contribution in [0.4, 0.5) is 0 Å². The summed E-state index contributed by atoms with van der Waals surface area (Å²) in [5.41, 5.74) is 12.7. The van der Waals surface area contributed by atoms with Gasteiger partial charge in [-0.15, -0.1) is 0 Å². The summed E-state index contributed by atoms with van der Waals surface area (Å²) in [4.78, 5) is 25.8. The van der Waals surface area contributed by atoms with E-state index in [1.54, 1.807) is 4.90 Å². The number of carbonyl (C=O) groups is 2. The first-order chi connectivity index (χ1) is 15.1. The number of nitrogens with zero attached hydrogens (tertiary/aromatic N) is 1. The van der Waals surface area contributed by atoms with Crippen LogP contribution >= 0.6 is 0 Å². The quantitative estimate of drug-likeness (QED) is 0.482. The second-order valence-electron chi connectivity index (χ2n) is 8.32. The molecular weight excluding hydrogens is 394 g/mol. The summed E-state index contributed by atoms with van der Waals surface area (Å²) in [6.07, 6.45) is 8.10. The average Bonchev–Trinajstić information content (AvgIpc) is 3.32. The Hall–Kier alpha value is -1.96. The van der Waals surface area contributed by atoms with Crippen LogP contribution in [0.25, 0.3) is 0 Å². The van der Waals surface area contributed by atoms with E-state index in [-0.39, 0.29) is 17.8 Å². The van der Waals surface area contributed by atoms with Gasteiger partial charge in [0.25, 0.3) is 0 Å². The first-order valence-electron chi connectivity index (χ1n) is 11.5. The third-order valence-electron chi connectivity index (χ3n) is 6.06. The molecule has 4 N–H and O–H groups in total. The summed E-state index contributed by atoms with van der Waals surface area (Å²) < 4.78 is 10.1. The number of nitrogens with two attached hydrogens (primary N) is 2. The molecule has 3 rings (SSSR count). The molecule has 1 aromatic carbocycles. The van der Waals surface area contributed by atoms with Crippen LogP contribution in [0, 0.1) is 5.92 Å². The number of hydrogen-bond donors (Lipinski definition) is 2. The molecule has 2 fully saturated rings. The van der Waals surface area contributed by atoms with Gasteiger partial charge in [-0.25, -0.2) is 4.79 Å². The van der Waals surface area contributed by atoms with Crippen molar-refractivity contribution in [2.45, 2.75) is 70.1 Å². The molecule has 1 saturated carbocycles. The lowest BCUT2D eigenvalue weighted by molar-refractivity contribution is -0.151. The van der Waals surface area contributed by atoms with Crippen LogP contribution < -0.4 is 11.5 Å². The van der Waals surface area contributed by atoms with Crippen LogP contribution in [0.2, 0.25) is 0 Å². The maximum absolute atomic E-state index is 12.5. The van der Waals surface area contributed by atoms with Crippen molar-refractivity contribution in [3.63, 3.8) is 0 Å². The van der Waals surface area contributed by atoms with E-state index in [2.05, 4.69) is 12.1 Å². The van der Waals surface area contributed by atoms with Crippen LogP contribution in [-0.4, -0.2) is 55.7 Å². The zero-order valence-electron chi connectivity index (χ0n) is 18.8. The van der Waals surface area contributed by atoms with E-state index in [0.29, 0.717) is 26.1 Å². The molecule has 2 atom stereocenters. The molecule has 7 nitrogen and oxygen atoms in total. The highest BCUT2D eigenvalue weighted by atomic mass is 16.5. The van der Waals surface area contributed by atoms with Crippen molar-refractivity contribution in [1.29, 1.82) is 0 Å². The van der Waals surface area contributed by atoms with Gasteiger partial charge in [-0.1, -0.05) is 49.6 Å². The monoisotopic (exact) mass is 433 g/mol. The van der Waals surface area contributed by atoms with Gasteiger partial charge in [-0.2, -0.15) is 0 Å². The lowest BCUT2D eigenvalue weighted by atomic mass is 9.83. The highest BCUT2D eigenvalue weighted by molar-refractivity contribution is 5.88. The molecule has 0 aromatic heterocycles. The molecule has 174 valence electrons. The fourth-order valence-electron chi connectivity index (χ4n) is 4.25. The molecule has 2 unspecified atom stereocenters. The van der Waals surface area contributed by atoms with Crippen molar-refractivity contribution < 1.29 is 19.1 Å². The van der Waals surface area contributed by atoms with E-state index >= 15 is 0 Å². The van der Waals surface area contributed by atoms with E-state index in [1.165, 1.54) is 19.1 Å². The van der Waals surface area contributed by atoms with E-state index in [1.807, 2.05) is 18.2 Å². The second kappa shape index (κ2) is 14.2. The Labute approximate surface area is 186 Å². The van der Waals surface area contributed by atoms with E-state index in [4.69, 9.17) is 20.9 Å². The maximum Gasteiger partial charge on any atom is 0.328 e. The van der Waals surface area contributed by atoms with Gasteiger partial charge in [0.2, 0.25) is 5.91 Å². The van der Waals surface area contributed by atoms with Crippen molar-refractivity contribution >= 4 is 11.9 Å². The van der Waals surface area contributed by atoms with E-state index < -0.39 is 12.1 Å².